The molecule has 6 nitrogen and oxygen atoms in total. The van der Waals surface area contributed by atoms with Gasteiger partial charge in [-0.2, -0.15) is 11.8 Å². The van der Waals surface area contributed by atoms with Crippen molar-refractivity contribution in [2.24, 2.45) is 5.73 Å². The molecular formula is C17H26N4O2S. The fourth-order valence-corrected chi connectivity index (χ4v) is 3.44. The van der Waals surface area contributed by atoms with Crippen molar-refractivity contribution in [2.45, 2.75) is 19.4 Å². The minimum absolute atomic E-state index is 0.0349. The van der Waals surface area contributed by atoms with E-state index in [0.717, 1.165) is 18.8 Å². The van der Waals surface area contributed by atoms with Crippen LogP contribution < -0.4 is 16.0 Å². The summed E-state index contributed by atoms with van der Waals surface area (Å²) >= 11 is 1.65. The van der Waals surface area contributed by atoms with Gasteiger partial charge in [-0.15, -0.1) is 0 Å². The van der Waals surface area contributed by atoms with Crippen molar-refractivity contribution in [3.05, 3.63) is 29.8 Å². The number of anilines is 1. The molecule has 2 rings (SSSR count). The van der Waals surface area contributed by atoms with E-state index in [9.17, 15) is 9.59 Å². The van der Waals surface area contributed by atoms with Gasteiger partial charge in [0.1, 0.15) is 6.04 Å². The van der Waals surface area contributed by atoms with Gasteiger partial charge in [-0.05, 0) is 37.0 Å². The van der Waals surface area contributed by atoms with E-state index in [2.05, 4.69) is 29.3 Å². The van der Waals surface area contributed by atoms with E-state index in [0.29, 0.717) is 19.5 Å². The predicted molar refractivity (Wildman–Crippen MR) is 99.5 cm³/mol. The van der Waals surface area contributed by atoms with Crippen LogP contribution in [0, 0.1) is 6.92 Å². The lowest BCUT2D eigenvalue weighted by Crippen LogP contribution is -2.55. The molecule has 0 saturated carbocycles. The summed E-state index contributed by atoms with van der Waals surface area (Å²) in [6, 6.07) is 7.11. The van der Waals surface area contributed by atoms with Crippen LogP contribution in [0.25, 0.3) is 0 Å². The average molecular weight is 350 g/mol. The van der Waals surface area contributed by atoms with E-state index >= 15 is 0 Å². The summed E-state index contributed by atoms with van der Waals surface area (Å²) in [5.41, 5.74) is 7.67. The van der Waals surface area contributed by atoms with E-state index in [4.69, 9.17) is 5.73 Å². The van der Waals surface area contributed by atoms with Crippen LogP contribution in [0.4, 0.5) is 10.5 Å². The molecule has 1 fully saturated rings. The number of urea groups is 1. The van der Waals surface area contributed by atoms with Crippen LogP contribution in [-0.4, -0.2) is 61.1 Å². The fourth-order valence-electron chi connectivity index (χ4n) is 2.97. The van der Waals surface area contributed by atoms with E-state index in [1.54, 1.807) is 11.8 Å². The smallest absolute Gasteiger partial charge is 0.312 e. The summed E-state index contributed by atoms with van der Waals surface area (Å²) < 4.78 is 0. The number of benzene rings is 1. The lowest BCUT2D eigenvalue weighted by Gasteiger charge is -2.38. The number of carbonyl (C=O) groups excluding carboxylic acids is 2. The normalized spacial score (nSPS) is 15.9. The summed E-state index contributed by atoms with van der Waals surface area (Å²) in [5.74, 6) is 0.770. The Morgan fingerprint density at radius 3 is 2.50 bits per heavy atom. The van der Waals surface area contributed by atoms with Crippen LogP contribution in [0.15, 0.2) is 24.3 Å². The lowest BCUT2D eigenvalue weighted by atomic mass is 10.1. The third kappa shape index (κ3) is 4.80. The Morgan fingerprint density at radius 1 is 1.25 bits per heavy atom. The third-order valence-corrected chi connectivity index (χ3v) is 4.92. The second kappa shape index (κ2) is 8.82. The first kappa shape index (κ1) is 18.4. The largest absolute Gasteiger partial charge is 0.368 e. The summed E-state index contributed by atoms with van der Waals surface area (Å²) in [4.78, 5) is 28.0. The Bertz CT molecular complexity index is 573. The predicted octanol–water partition coefficient (Wildman–Crippen LogP) is 1.43. The Labute approximate surface area is 147 Å². The Morgan fingerprint density at radius 2 is 1.92 bits per heavy atom. The van der Waals surface area contributed by atoms with Crippen LogP contribution >= 0.6 is 11.8 Å². The number of nitrogens with two attached hydrogens (primary N) is 1. The van der Waals surface area contributed by atoms with Gasteiger partial charge in [-0.3, -0.25) is 4.79 Å². The molecule has 1 aliphatic rings. The first-order chi connectivity index (χ1) is 11.5. The number of hydrogen-bond donors (Lipinski definition) is 2. The molecule has 24 heavy (non-hydrogen) atoms. The molecule has 0 aromatic heterocycles. The number of nitrogens with one attached hydrogen (secondary N) is 1. The van der Waals surface area contributed by atoms with E-state index < -0.39 is 12.1 Å². The highest BCUT2D eigenvalue weighted by atomic mass is 32.2. The summed E-state index contributed by atoms with van der Waals surface area (Å²) in [6.45, 7) is 5.00. The molecular weight excluding hydrogens is 324 g/mol. The maximum absolute atomic E-state index is 12.7. The van der Waals surface area contributed by atoms with Gasteiger partial charge >= 0.3 is 6.03 Å². The number of hydrogen-bond acceptors (Lipinski definition) is 4. The van der Waals surface area contributed by atoms with Crippen molar-refractivity contribution < 1.29 is 9.59 Å². The number of thioether (sulfide) groups is 1. The van der Waals surface area contributed by atoms with Crippen LogP contribution in [-0.2, 0) is 4.79 Å². The minimum atomic E-state index is -0.645. The van der Waals surface area contributed by atoms with Gasteiger partial charge in [0.15, 0.2) is 0 Å². The van der Waals surface area contributed by atoms with Crippen LogP contribution in [0.3, 0.4) is 0 Å². The van der Waals surface area contributed by atoms with Crippen LogP contribution in [0.5, 0.6) is 0 Å². The Hall–Kier alpha value is -1.89. The third-order valence-electron chi connectivity index (χ3n) is 4.27. The number of aryl methyl sites for hydroxylation is 1. The van der Waals surface area contributed by atoms with Crippen LogP contribution in [0.1, 0.15) is 12.0 Å². The van der Waals surface area contributed by atoms with E-state index in [-0.39, 0.29) is 5.91 Å². The second-order valence-corrected chi connectivity index (χ2v) is 6.93. The van der Waals surface area contributed by atoms with Crippen molar-refractivity contribution in [3.63, 3.8) is 0 Å². The van der Waals surface area contributed by atoms with Crippen molar-refractivity contribution >= 4 is 29.4 Å². The maximum Gasteiger partial charge on any atom is 0.312 e. The molecule has 1 atom stereocenters. The van der Waals surface area contributed by atoms with Crippen molar-refractivity contribution in [2.75, 3.05) is 43.1 Å². The summed E-state index contributed by atoms with van der Waals surface area (Å²) in [6.07, 6.45) is 2.58. The molecule has 1 aromatic carbocycles. The molecule has 1 heterocycles. The zero-order chi connectivity index (χ0) is 17.5. The molecule has 0 radical (unpaired) electrons. The fraction of sp³-hybridized carbons (Fsp3) is 0.529. The SMILES string of the molecule is CSCC[C@H](NC(N)=O)C(=O)N1CCN(c2ccccc2C)CC1. The monoisotopic (exact) mass is 350 g/mol. The topological polar surface area (TPSA) is 78.7 Å². The molecule has 132 valence electrons. The number of rotatable bonds is 6. The molecule has 0 spiro atoms. The first-order valence-corrected chi connectivity index (χ1v) is 9.56. The summed E-state index contributed by atoms with van der Waals surface area (Å²) in [5, 5.41) is 2.58. The van der Waals surface area contributed by atoms with Gasteiger partial charge < -0.3 is 20.9 Å². The second-order valence-electron chi connectivity index (χ2n) is 5.94. The van der Waals surface area contributed by atoms with E-state index in [1.807, 2.05) is 23.3 Å². The summed E-state index contributed by atoms with van der Waals surface area (Å²) in [7, 11) is 0. The molecule has 3 N–H and O–H groups in total. The number of nitrogens with zero attached hydrogens (tertiary/aromatic N) is 2. The number of carbonyl (C=O) groups is 2. The van der Waals surface area contributed by atoms with Gasteiger partial charge in [0, 0.05) is 31.9 Å². The van der Waals surface area contributed by atoms with Gasteiger partial charge in [0.05, 0.1) is 0 Å². The maximum atomic E-state index is 12.7. The van der Waals surface area contributed by atoms with Crippen molar-refractivity contribution in [1.82, 2.24) is 10.2 Å². The minimum Gasteiger partial charge on any atom is -0.368 e. The average Bonchev–Trinajstić information content (AvgIpc) is 2.58. The number of amides is 3. The van der Waals surface area contributed by atoms with Gasteiger partial charge in [0.2, 0.25) is 5.91 Å². The first-order valence-electron chi connectivity index (χ1n) is 8.17. The lowest BCUT2D eigenvalue weighted by molar-refractivity contribution is -0.133. The zero-order valence-electron chi connectivity index (χ0n) is 14.3. The van der Waals surface area contributed by atoms with Crippen molar-refractivity contribution in [3.8, 4) is 0 Å². The molecule has 7 heteroatoms. The Kier molecular flexibility index (Phi) is 6.78. The Balaban J connectivity index is 1.95. The molecule has 3 amide bonds. The zero-order valence-corrected chi connectivity index (χ0v) is 15.1. The molecule has 0 unspecified atom stereocenters. The van der Waals surface area contributed by atoms with Gasteiger partial charge in [-0.25, -0.2) is 4.79 Å². The highest BCUT2D eigenvalue weighted by Gasteiger charge is 2.28. The molecule has 1 saturated heterocycles. The molecule has 1 aliphatic heterocycles. The quantitative estimate of drug-likeness (QED) is 0.814. The van der Waals surface area contributed by atoms with Crippen molar-refractivity contribution in [1.29, 1.82) is 0 Å². The van der Waals surface area contributed by atoms with Gasteiger partial charge in [0.25, 0.3) is 0 Å². The molecule has 0 aliphatic carbocycles. The number of primary amides is 1. The standard InChI is InChI=1S/C17H26N4O2S/c1-13-5-3-4-6-15(13)20-8-10-21(11-9-20)16(22)14(7-12-24-2)19-17(18)23/h3-6,14H,7-12H2,1-2H3,(H3,18,19,23)/t14-/m0/s1. The number of piperazine rings is 1. The number of para-hydroxylation sites is 1. The molecule has 1 aromatic rings. The highest BCUT2D eigenvalue weighted by Crippen LogP contribution is 2.21. The van der Waals surface area contributed by atoms with Gasteiger partial charge in [-0.1, -0.05) is 18.2 Å². The van der Waals surface area contributed by atoms with E-state index in [1.165, 1.54) is 11.3 Å². The highest BCUT2D eigenvalue weighted by molar-refractivity contribution is 7.98. The molecule has 0 bridgehead atoms. The van der Waals surface area contributed by atoms with Crippen LogP contribution in [0.2, 0.25) is 0 Å².